The standard InChI is InChI=1S/C4H8N4S.H3O4P/c5-4(9)7-8-2-1-6-3-8;1-5(2,3)4/h3H,1-2H2,(H3,5,7,9);(H3,1,2,3,4). The van der Waals surface area contributed by atoms with Gasteiger partial charge < -0.3 is 20.4 Å². The molecule has 10 heteroatoms. The van der Waals surface area contributed by atoms with Gasteiger partial charge in [0.05, 0.1) is 13.1 Å². The van der Waals surface area contributed by atoms with Crippen LogP contribution in [0.4, 0.5) is 0 Å². The zero-order valence-electron chi connectivity index (χ0n) is 7.07. The van der Waals surface area contributed by atoms with Crippen molar-refractivity contribution in [2.24, 2.45) is 10.7 Å². The number of hydrazine groups is 1. The summed E-state index contributed by atoms with van der Waals surface area (Å²) in [4.78, 5) is 25.5. The fourth-order valence-electron chi connectivity index (χ4n) is 0.606. The molecule has 0 atom stereocenters. The van der Waals surface area contributed by atoms with Gasteiger partial charge in [-0.15, -0.1) is 0 Å². The predicted molar refractivity (Wildman–Crippen MR) is 54.2 cm³/mol. The number of rotatable bonds is 1. The van der Waals surface area contributed by atoms with Gasteiger partial charge in [-0.25, -0.2) is 4.57 Å². The summed E-state index contributed by atoms with van der Waals surface area (Å²) < 4.78 is 8.88. The van der Waals surface area contributed by atoms with E-state index in [2.05, 4.69) is 22.6 Å². The highest BCUT2D eigenvalue weighted by atomic mass is 32.1. The lowest BCUT2D eigenvalue weighted by atomic mass is 10.7. The summed E-state index contributed by atoms with van der Waals surface area (Å²) in [5.41, 5.74) is 7.92. The molecule has 0 aromatic heterocycles. The molecule has 0 radical (unpaired) electrons. The Bertz CT molecular complexity index is 258. The van der Waals surface area contributed by atoms with E-state index in [4.69, 9.17) is 25.0 Å². The summed E-state index contributed by atoms with van der Waals surface area (Å²) in [6, 6.07) is 0. The summed E-state index contributed by atoms with van der Waals surface area (Å²) in [5, 5.41) is 2.03. The van der Waals surface area contributed by atoms with Gasteiger partial charge in [-0.05, 0) is 12.2 Å². The summed E-state index contributed by atoms with van der Waals surface area (Å²) in [7, 11) is -4.64. The quantitative estimate of drug-likeness (QED) is 0.267. The van der Waals surface area contributed by atoms with Crippen molar-refractivity contribution >= 4 is 31.5 Å². The molecule has 82 valence electrons. The van der Waals surface area contributed by atoms with Crippen molar-refractivity contribution in [2.75, 3.05) is 13.1 Å². The van der Waals surface area contributed by atoms with E-state index < -0.39 is 7.82 Å². The Kier molecular flexibility index (Phi) is 5.58. The maximum absolute atomic E-state index is 8.88. The third-order valence-electron chi connectivity index (χ3n) is 0.945. The molecule has 0 aromatic rings. The van der Waals surface area contributed by atoms with Crippen LogP contribution >= 0.6 is 20.0 Å². The lowest BCUT2D eigenvalue weighted by Crippen LogP contribution is -2.42. The number of aliphatic imine (C=N–C) groups is 1. The Morgan fingerprint density at radius 3 is 2.43 bits per heavy atom. The van der Waals surface area contributed by atoms with Crippen LogP contribution in [0.25, 0.3) is 0 Å². The number of nitrogens with two attached hydrogens (primary N) is 1. The predicted octanol–water partition coefficient (Wildman–Crippen LogP) is -1.85. The molecule has 14 heavy (non-hydrogen) atoms. The van der Waals surface area contributed by atoms with Gasteiger partial charge in [-0.1, -0.05) is 0 Å². The molecular formula is C4H11N4O4PS. The van der Waals surface area contributed by atoms with Crippen molar-refractivity contribution < 1.29 is 19.2 Å². The van der Waals surface area contributed by atoms with Crippen LogP contribution in [0.3, 0.4) is 0 Å². The Morgan fingerprint density at radius 2 is 2.14 bits per heavy atom. The maximum Gasteiger partial charge on any atom is 0.466 e. The van der Waals surface area contributed by atoms with Crippen LogP contribution in [0.1, 0.15) is 0 Å². The van der Waals surface area contributed by atoms with Crippen LogP contribution in [0.15, 0.2) is 4.99 Å². The van der Waals surface area contributed by atoms with Crippen LogP contribution in [-0.2, 0) is 4.57 Å². The van der Waals surface area contributed by atoms with Crippen molar-refractivity contribution in [1.29, 1.82) is 0 Å². The molecule has 0 aliphatic carbocycles. The molecule has 0 amide bonds. The van der Waals surface area contributed by atoms with Gasteiger partial charge in [0.15, 0.2) is 5.11 Å². The van der Waals surface area contributed by atoms with E-state index in [9.17, 15) is 0 Å². The van der Waals surface area contributed by atoms with Gasteiger partial charge in [0.2, 0.25) is 0 Å². The Hall–Kier alpha value is -0.730. The number of nitrogens with one attached hydrogen (secondary N) is 1. The largest absolute Gasteiger partial charge is 0.466 e. The highest BCUT2D eigenvalue weighted by molar-refractivity contribution is 7.80. The first-order chi connectivity index (χ1) is 6.29. The molecule has 0 unspecified atom stereocenters. The minimum absolute atomic E-state index is 0.281. The average molecular weight is 242 g/mol. The first-order valence-electron chi connectivity index (χ1n) is 3.40. The Balaban J connectivity index is 0.000000292. The molecule has 0 spiro atoms. The lowest BCUT2D eigenvalue weighted by molar-refractivity contribution is 0.275. The summed E-state index contributed by atoms with van der Waals surface area (Å²) in [5.74, 6) is 0. The first-order valence-corrected chi connectivity index (χ1v) is 5.37. The molecule has 6 N–H and O–H groups in total. The van der Waals surface area contributed by atoms with E-state index in [1.54, 1.807) is 11.3 Å². The smallest absolute Gasteiger partial charge is 0.375 e. The summed E-state index contributed by atoms with van der Waals surface area (Å²) in [6.07, 6.45) is 1.68. The van der Waals surface area contributed by atoms with Crippen LogP contribution in [0.2, 0.25) is 0 Å². The van der Waals surface area contributed by atoms with E-state index >= 15 is 0 Å². The summed E-state index contributed by atoms with van der Waals surface area (Å²) in [6.45, 7) is 1.66. The zero-order chi connectivity index (χ0) is 11.2. The molecule has 0 saturated carbocycles. The zero-order valence-corrected chi connectivity index (χ0v) is 8.78. The first kappa shape index (κ1) is 13.3. The molecule has 8 nitrogen and oxygen atoms in total. The SMILES string of the molecule is NC(=S)NN1C=NCC1.O=P(O)(O)O. The van der Waals surface area contributed by atoms with Crippen LogP contribution in [0, 0.1) is 0 Å². The Labute approximate surface area is 85.6 Å². The third kappa shape index (κ3) is 11.3. The lowest BCUT2D eigenvalue weighted by Gasteiger charge is -2.13. The van der Waals surface area contributed by atoms with E-state index in [1.165, 1.54) is 0 Å². The Morgan fingerprint density at radius 1 is 1.64 bits per heavy atom. The maximum atomic E-state index is 8.88. The van der Waals surface area contributed by atoms with Crippen LogP contribution in [-0.4, -0.2) is 44.2 Å². The van der Waals surface area contributed by atoms with Gasteiger partial charge in [0, 0.05) is 0 Å². The van der Waals surface area contributed by atoms with Gasteiger partial charge in [0.1, 0.15) is 6.34 Å². The second-order valence-corrected chi connectivity index (χ2v) is 3.67. The normalized spacial score (nSPS) is 14.6. The van der Waals surface area contributed by atoms with E-state index in [0.717, 1.165) is 13.1 Å². The number of nitrogens with zero attached hydrogens (tertiary/aromatic N) is 2. The van der Waals surface area contributed by atoms with E-state index in [1.807, 2.05) is 0 Å². The molecule has 0 saturated heterocycles. The highest BCUT2D eigenvalue weighted by Crippen LogP contribution is 2.25. The van der Waals surface area contributed by atoms with Crippen molar-refractivity contribution in [1.82, 2.24) is 10.4 Å². The highest BCUT2D eigenvalue weighted by Gasteiger charge is 2.03. The van der Waals surface area contributed by atoms with Gasteiger partial charge in [0.25, 0.3) is 0 Å². The van der Waals surface area contributed by atoms with Crippen molar-refractivity contribution in [3.63, 3.8) is 0 Å². The summed E-state index contributed by atoms with van der Waals surface area (Å²) >= 11 is 4.60. The molecule has 1 rings (SSSR count). The molecule has 1 aliphatic rings. The molecule has 0 aromatic carbocycles. The minimum Gasteiger partial charge on any atom is -0.375 e. The second-order valence-electron chi connectivity index (χ2n) is 2.20. The number of hydrogen-bond donors (Lipinski definition) is 5. The number of thiocarbonyl (C=S) groups is 1. The van der Waals surface area contributed by atoms with E-state index in [0.29, 0.717) is 0 Å². The topological polar surface area (TPSA) is 131 Å². The molecule has 1 heterocycles. The third-order valence-corrected chi connectivity index (χ3v) is 1.04. The second kappa shape index (κ2) is 5.89. The number of phosphoric acid groups is 1. The van der Waals surface area contributed by atoms with E-state index in [-0.39, 0.29) is 5.11 Å². The molecular weight excluding hydrogens is 231 g/mol. The monoisotopic (exact) mass is 242 g/mol. The molecule has 0 bridgehead atoms. The van der Waals surface area contributed by atoms with Crippen molar-refractivity contribution in [3.8, 4) is 0 Å². The van der Waals surface area contributed by atoms with Gasteiger partial charge in [-0.2, -0.15) is 0 Å². The fraction of sp³-hybridized carbons (Fsp3) is 0.500. The fourth-order valence-corrected chi connectivity index (χ4v) is 0.723. The van der Waals surface area contributed by atoms with Crippen molar-refractivity contribution in [3.05, 3.63) is 0 Å². The van der Waals surface area contributed by atoms with Gasteiger partial charge in [-0.3, -0.25) is 15.4 Å². The van der Waals surface area contributed by atoms with Crippen LogP contribution in [0.5, 0.6) is 0 Å². The molecule has 1 aliphatic heterocycles. The van der Waals surface area contributed by atoms with Gasteiger partial charge >= 0.3 is 7.82 Å². The van der Waals surface area contributed by atoms with Crippen molar-refractivity contribution in [2.45, 2.75) is 0 Å². The average Bonchev–Trinajstić information content (AvgIpc) is 2.33. The minimum atomic E-state index is -4.64. The molecule has 0 fully saturated rings. The van der Waals surface area contributed by atoms with Crippen LogP contribution < -0.4 is 11.2 Å². The number of hydrogen-bond acceptors (Lipinski definition) is 4.